The lowest BCUT2D eigenvalue weighted by molar-refractivity contribution is -0.141. The summed E-state index contributed by atoms with van der Waals surface area (Å²) in [7, 11) is 1.59. The van der Waals surface area contributed by atoms with Gasteiger partial charge in [0, 0.05) is 11.4 Å². The van der Waals surface area contributed by atoms with Crippen molar-refractivity contribution in [1.82, 2.24) is 4.90 Å². The Balaban J connectivity index is 1.62. The van der Waals surface area contributed by atoms with Gasteiger partial charge in [0.25, 0.3) is 5.91 Å². The van der Waals surface area contributed by atoms with Crippen molar-refractivity contribution >= 4 is 29.3 Å². The van der Waals surface area contributed by atoms with E-state index in [1.54, 1.807) is 67.1 Å². The van der Waals surface area contributed by atoms with E-state index >= 15 is 0 Å². The van der Waals surface area contributed by atoms with Crippen LogP contribution in [-0.2, 0) is 9.59 Å². The summed E-state index contributed by atoms with van der Waals surface area (Å²) in [5.74, 6) is 1.98. The first-order valence-corrected chi connectivity index (χ1v) is 9.79. The number of carbonyl (C=O) groups excluding carboxylic acids is 2. The Hall–Kier alpha value is -2.67. The minimum atomic E-state index is -0.664. The molecule has 2 aromatic carbocycles. The molecule has 1 aliphatic rings. The van der Waals surface area contributed by atoms with Gasteiger partial charge in [-0.05, 0) is 43.3 Å². The predicted octanol–water partition coefficient (Wildman–Crippen LogP) is 3.00. The van der Waals surface area contributed by atoms with Crippen molar-refractivity contribution in [3.8, 4) is 11.5 Å². The molecule has 3 rings (SSSR count). The summed E-state index contributed by atoms with van der Waals surface area (Å²) in [5.41, 5.74) is 0.665. The van der Waals surface area contributed by atoms with Gasteiger partial charge in [0.2, 0.25) is 5.91 Å². The summed E-state index contributed by atoms with van der Waals surface area (Å²) >= 11 is 1.56. The van der Waals surface area contributed by atoms with Gasteiger partial charge in [0.15, 0.2) is 6.10 Å². The number of methoxy groups -OCH3 is 1. The second-order valence-corrected chi connectivity index (χ2v) is 7.11. The molecule has 0 aliphatic carbocycles. The number of nitrogens with zero attached hydrogens (tertiary/aromatic N) is 1. The molecule has 1 heterocycles. The van der Waals surface area contributed by atoms with Gasteiger partial charge in [-0.25, -0.2) is 0 Å². The molecule has 1 N–H and O–H groups in total. The zero-order valence-corrected chi connectivity index (χ0v) is 16.1. The Morgan fingerprint density at radius 1 is 1.11 bits per heavy atom. The molecular weight excluding hydrogens is 364 g/mol. The quantitative estimate of drug-likeness (QED) is 0.827. The molecule has 2 aromatic rings. The van der Waals surface area contributed by atoms with Crippen LogP contribution in [-0.4, -0.2) is 47.6 Å². The third kappa shape index (κ3) is 4.74. The maximum atomic E-state index is 12.8. The summed E-state index contributed by atoms with van der Waals surface area (Å²) in [6.07, 6.45) is -0.664. The van der Waals surface area contributed by atoms with Gasteiger partial charge < -0.3 is 19.7 Å². The van der Waals surface area contributed by atoms with Gasteiger partial charge >= 0.3 is 0 Å². The maximum Gasteiger partial charge on any atom is 0.264 e. The molecule has 142 valence electrons. The van der Waals surface area contributed by atoms with Crippen LogP contribution in [0.4, 0.5) is 5.69 Å². The molecule has 6 nitrogen and oxygen atoms in total. The first kappa shape index (κ1) is 19.1. The molecule has 0 saturated carbocycles. The van der Waals surface area contributed by atoms with Crippen LogP contribution in [0.25, 0.3) is 0 Å². The van der Waals surface area contributed by atoms with Crippen molar-refractivity contribution in [2.75, 3.05) is 24.1 Å². The van der Waals surface area contributed by atoms with Gasteiger partial charge in [0.1, 0.15) is 17.5 Å². The summed E-state index contributed by atoms with van der Waals surface area (Å²) in [6, 6.07) is 15.8. The number of para-hydroxylation sites is 1. The molecule has 1 aliphatic heterocycles. The molecule has 7 heteroatoms. The fraction of sp³-hybridized carbons (Fsp3) is 0.300. The number of thioether (sulfide) groups is 1. The average molecular weight is 386 g/mol. The molecule has 0 aromatic heterocycles. The number of hydrogen-bond acceptors (Lipinski definition) is 5. The zero-order chi connectivity index (χ0) is 19.2. The normalized spacial score (nSPS) is 17.3. The third-order valence-corrected chi connectivity index (χ3v) is 5.24. The van der Waals surface area contributed by atoms with Crippen molar-refractivity contribution in [3.63, 3.8) is 0 Å². The standard InChI is InChI=1S/C20H22N2O4S/c1-14(26-17-6-4-3-5-7-17)20(24)22-13-27-12-18(22)19(23)21-15-8-10-16(25-2)11-9-15/h3-11,14,18H,12-13H2,1-2H3,(H,21,23). The lowest BCUT2D eigenvalue weighted by atomic mass is 10.2. The molecule has 1 fully saturated rings. The first-order valence-electron chi connectivity index (χ1n) is 8.63. The van der Waals surface area contributed by atoms with Gasteiger partial charge in [-0.15, -0.1) is 11.8 Å². The minimum Gasteiger partial charge on any atom is -0.497 e. The number of amides is 2. The van der Waals surface area contributed by atoms with Crippen LogP contribution in [0.15, 0.2) is 54.6 Å². The van der Waals surface area contributed by atoms with Crippen molar-refractivity contribution in [2.24, 2.45) is 0 Å². The Kier molecular flexibility index (Phi) is 6.24. The highest BCUT2D eigenvalue weighted by Gasteiger charge is 2.37. The van der Waals surface area contributed by atoms with E-state index in [9.17, 15) is 9.59 Å². The summed E-state index contributed by atoms with van der Waals surface area (Å²) in [6.45, 7) is 1.71. The van der Waals surface area contributed by atoms with Crippen LogP contribution in [0.2, 0.25) is 0 Å². The van der Waals surface area contributed by atoms with Gasteiger partial charge in [-0.3, -0.25) is 9.59 Å². The lowest BCUT2D eigenvalue weighted by Gasteiger charge is -2.26. The number of hydrogen-bond donors (Lipinski definition) is 1. The fourth-order valence-electron chi connectivity index (χ4n) is 2.76. The molecular formula is C20H22N2O4S. The zero-order valence-electron chi connectivity index (χ0n) is 15.3. The van der Waals surface area contributed by atoms with Crippen molar-refractivity contribution < 1.29 is 19.1 Å². The molecule has 2 amide bonds. The molecule has 2 atom stereocenters. The van der Waals surface area contributed by atoms with Crippen LogP contribution >= 0.6 is 11.8 Å². The fourth-order valence-corrected chi connectivity index (χ4v) is 3.93. The number of nitrogens with one attached hydrogen (secondary N) is 1. The van der Waals surface area contributed by atoms with Crippen LogP contribution in [0.3, 0.4) is 0 Å². The Labute approximate surface area is 162 Å². The van der Waals surface area contributed by atoms with E-state index < -0.39 is 12.1 Å². The van der Waals surface area contributed by atoms with Gasteiger partial charge in [-0.2, -0.15) is 0 Å². The van der Waals surface area contributed by atoms with Gasteiger partial charge in [0.05, 0.1) is 13.0 Å². The van der Waals surface area contributed by atoms with E-state index in [0.717, 1.165) is 0 Å². The Morgan fingerprint density at radius 2 is 1.81 bits per heavy atom. The monoisotopic (exact) mass is 386 g/mol. The number of anilines is 1. The smallest absolute Gasteiger partial charge is 0.264 e. The summed E-state index contributed by atoms with van der Waals surface area (Å²) < 4.78 is 10.8. The average Bonchev–Trinajstić information content (AvgIpc) is 3.18. The van der Waals surface area contributed by atoms with Crippen LogP contribution in [0, 0.1) is 0 Å². The molecule has 0 radical (unpaired) electrons. The van der Waals surface area contributed by atoms with E-state index in [-0.39, 0.29) is 11.8 Å². The Morgan fingerprint density at radius 3 is 2.48 bits per heavy atom. The van der Waals surface area contributed by atoms with E-state index in [2.05, 4.69) is 5.32 Å². The number of carbonyl (C=O) groups is 2. The van der Waals surface area contributed by atoms with Gasteiger partial charge in [-0.1, -0.05) is 18.2 Å². The highest BCUT2D eigenvalue weighted by Crippen LogP contribution is 2.24. The van der Waals surface area contributed by atoms with Crippen LogP contribution in [0.5, 0.6) is 11.5 Å². The molecule has 0 bridgehead atoms. The van der Waals surface area contributed by atoms with Crippen molar-refractivity contribution in [1.29, 1.82) is 0 Å². The van der Waals surface area contributed by atoms with E-state index in [1.165, 1.54) is 0 Å². The summed E-state index contributed by atoms with van der Waals surface area (Å²) in [4.78, 5) is 27.0. The summed E-state index contributed by atoms with van der Waals surface area (Å²) in [5, 5.41) is 2.87. The molecule has 0 spiro atoms. The molecule has 1 saturated heterocycles. The SMILES string of the molecule is COc1ccc(NC(=O)C2CSCN2C(=O)C(C)Oc2ccccc2)cc1. The van der Waals surface area contributed by atoms with Crippen molar-refractivity contribution in [2.45, 2.75) is 19.1 Å². The predicted molar refractivity (Wildman–Crippen MR) is 106 cm³/mol. The molecule has 27 heavy (non-hydrogen) atoms. The highest BCUT2D eigenvalue weighted by molar-refractivity contribution is 7.99. The van der Waals surface area contributed by atoms with Crippen LogP contribution < -0.4 is 14.8 Å². The largest absolute Gasteiger partial charge is 0.497 e. The lowest BCUT2D eigenvalue weighted by Crippen LogP contribution is -2.48. The van der Waals surface area contributed by atoms with Crippen LogP contribution in [0.1, 0.15) is 6.92 Å². The minimum absolute atomic E-state index is 0.196. The van der Waals surface area contributed by atoms with E-state index in [1.807, 2.05) is 18.2 Å². The molecule has 2 unspecified atom stereocenters. The number of ether oxygens (including phenoxy) is 2. The van der Waals surface area contributed by atoms with E-state index in [4.69, 9.17) is 9.47 Å². The topological polar surface area (TPSA) is 67.9 Å². The second-order valence-electron chi connectivity index (χ2n) is 6.11. The third-order valence-electron chi connectivity index (χ3n) is 4.23. The Bertz CT molecular complexity index is 782. The van der Waals surface area contributed by atoms with Crippen molar-refractivity contribution in [3.05, 3.63) is 54.6 Å². The first-order chi connectivity index (χ1) is 13.1. The number of benzene rings is 2. The maximum absolute atomic E-state index is 12.8. The second kappa shape index (κ2) is 8.81. The highest BCUT2D eigenvalue weighted by atomic mass is 32.2. The number of rotatable bonds is 6. The van der Waals surface area contributed by atoms with E-state index in [0.29, 0.717) is 28.8 Å².